The first-order chi connectivity index (χ1) is 13.1. The zero-order valence-electron chi connectivity index (χ0n) is 17.0. The predicted molar refractivity (Wildman–Crippen MR) is 115 cm³/mol. The number of rotatable bonds is 10. The third-order valence-corrected chi connectivity index (χ3v) is 4.78. The van der Waals surface area contributed by atoms with Crippen LogP contribution in [0.4, 0.5) is 0 Å². The molecule has 0 saturated heterocycles. The van der Waals surface area contributed by atoms with E-state index in [4.69, 9.17) is 4.74 Å². The Bertz CT molecular complexity index is 724. The molecule has 144 valence electrons. The minimum atomic E-state index is -0.0955. The summed E-state index contributed by atoms with van der Waals surface area (Å²) >= 11 is 0. The molecule has 2 nitrogen and oxygen atoms in total. The number of benzene rings is 2. The Morgan fingerprint density at radius 1 is 0.926 bits per heavy atom. The second-order valence-electron chi connectivity index (χ2n) is 7.17. The minimum Gasteiger partial charge on any atom is -0.466 e. The van der Waals surface area contributed by atoms with Crippen molar-refractivity contribution in [2.75, 3.05) is 6.61 Å². The Labute approximate surface area is 164 Å². The van der Waals surface area contributed by atoms with E-state index in [-0.39, 0.29) is 5.97 Å². The summed E-state index contributed by atoms with van der Waals surface area (Å²) in [5.74, 6) is -0.0955. The van der Waals surface area contributed by atoms with Crippen LogP contribution in [0.3, 0.4) is 0 Å². The highest BCUT2D eigenvalue weighted by molar-refractivity contribution is 5.80. The number of ether oxygens (including phenoxy) is 1. The topological polar surface area (TPSA) is 26.3 Å². The van der Waals surface area contributed by atoms with E-state index < -0.39 is 0 Å². The van der Waals surface area contributed by atoms with E-state index in [1.54, 1.807) is 0 Å². The average Bonchev–Trinajstić information content (AvgIpc) is 2.69. The molecule has 0 aromatic heterocycles. The highest BCUT2D eigenvalue weighted by atomic mass is 16.5. The van der Waals surface area contributed by atoms with Crippen LogP contribution in [-0.4, -0.2) is 12.6 Å². The van der Waals surface area contributed by atoms with Crippen LogP contribution in [0.5, 0.6) is 0 Å². The van der Waals surface area contributed by atoms with Gasteiger partial charge in [0.1, 0.15) is 0 Å². The number of carbonyl (C=O) groups excluding carboxylic acids is 1. The summed E-state index contributed by atoms with van der Waals surface area (Å²) in [4.78, 5) is 11.1. The third-order valence-electron chi connectivity index (χ3n) is 4.78. The fourth-order valence-corrected chi connectivity index (χ4v) is 3.00. The van der Waals surface area contributed by atoms with Crippen LogP contribution in [0.2, 0.25) is 0 Å². The maximum Gasteiger partial charge on any atom is 0.305 e. The summed E-state index contributed by atoms with van der Waals surface area (Å²) < 4.78 is 5.10. The van der Waals surface area contributed by atoms with Gasteiger partial charge < -0.3 is 4.74 Å². The molecule has 0 bridgehead atoms. The van der Waals surface area contributed by atoms with Gasteiger partial charge in [0.05, 0.1) is 6.61 Å². The van der Waals surface area contributed by atoms with E-state index in [0.29, 0.717) is 13.0 Å². The van der Waals surface area contributed by atoms with Crippen LogP contribution < -0.4 is 0 Å². The molecule has 0 aliphatic carbocycles. The second kappa shape index (κ2) is 11.4. The van der Waals surface area contributed by atoms with Crippen molar-refractivity contribution in [3.63, 3.8) is 0 Å². The predicted octanol–water partition coefficient (Wildman–Crippen LogP) is 6.61. The van der Waals surface area contributed by atoms with Gasteiger partial charge in [0.2, 0.25) is 0 Å². The lowest BCUT2D eigenvalue weighted by atomic mass is 10.00. The van der Waals surface area contributed by atoms with Crippen LogP contribution in [-0.2, 0) is 16.0 Å². The van der Waals surface area contributed by atoms with Gasteiger partial charge in [-0.3, -0.25) is 4.79 Å². The largest absolute Gasteiger partial charge is 0.466 e. The lowest BCUT2D eigenvalue weighted by molar-refractivity contribution is -0.143. The van der Waals surface area contributed by atoms with Gasteiger partial charge in [0, 0.05) is 6.42 Å². The summed E-state index contributed by atoms with van der Waals surface area (Å²) in [6.45, 7) is 6.67. The molecule has 0 amide bonds. The second-order valence-corrected chi connectivity index (χ2v) is 7.17. The third kappa shape index (κ3) is 7.82. The van der Waals surface area contributed by atoms with Gasteiger partial charge in [0.15, 0.2) is 0 Å². The fraction of sp³-hybridized carbons (Fsp3) is 0.400. The molecule has 2 aromatic rings. The maximum absolute atomic E-state index is 11.1. The molecular weight excluding hydrogens is 332 g/mol. The number of hydrogen-bond donors (Lipinski definition) is 0. The van der Waals surface area contributed by atoms with E-state index in [1.807, 2.05) is 6.92 Å². The van der Waals surface area contributed by atoms with Gasteiger partial charge in [0.25, 0.3) is 0 Å². The number of hydrogen-bond acceptors (Lipinski definition) is 2. The SMILES string of the molecule is CCC(=O)OCCCCCCc1ccc(/C(C)=C/c2ccc(C)cc2)cc1. The first-order valence-electron chi connectivity index (χ1n) is 10.1. The molecule has 0 aliphatic rings. The Morgan fingerprint density at radius 3 is 2.26 bits per heavy atom. The standard InChI is InChI=1S/C25H32O2/c1-4-25(26)27-18-8-6-5-7-9-22-14-16-24(17-15-22)21(3)19-23-12-10-20(2)11-13-23/h10-17,19H,4-9,18H2,1-3H3/b21-19+. The number of allylic oxidation sites excluding steroid dienone is 1. The maximum atomic E-state index is 11.1. The molecule has 27 heavy (non-hydrogen) atoms. The average molecular weight is 365 g/mol. The van der Waals surface area contributed by atoms with Gasteiger partial charge in [-0.2, -0.15) is 0 Å². The molecular formula is C25H32O2. The molecule has 0 N–H and O–H groups in total. The normalized spacial score (nSPS) is 11.4. The Balaban J connectivity index is 1.73. The molecule has 0 unspecified atom stereocenters. The molecule has 0 radical (unpaired) electrons. The van der Waals surface area contributed by atoms with Crippen molar-refractivity contribution in [2.45, 2.75) is 59.3 Å². The molecule has 2 rings (SSSR count). The summed E-state index contributed by atoms with van der Waals surface area (Å²) in [5.41, 5.74) is 6.48. The van der Waals surface area contributed by atoms with Gasteiger partial charge in [-0.05, 0) is 55.4 Å². The number of aryl methyl sites for hydroxylation is 2. The Hall–Kier alpha value is -2.35. The van der Waals surface area contributed by atoms with Crippen LogP contribution in [0, 0.1) is 6.92 Å². The van der Waals surface area contributed by atoms with E-state index in [1.165, 1.54) is 40.7 Å². The Kier molecular flexibility index (Phi) is 8.83. The van der Waals surface area contributed by atoms with Crippen LogP contribution in [0.25, 0.3) is 11.6 Å². The van der Waals surface area contributed by atoms with Crippen molar-refractivity contribution in [1.82, 2.24) is 0 Å². The molecule has 0 saturated carbocycles. The van der Waals surface area contributed by atoms with Crippen LogP contribution >= 0.6 is 0 Å². The lowest BCUT2D eigenvalue weighted by Crippen LogP contribution is -2.03. The Morgan fingerprint density at radius 2 is 1.59 bits per heavy atom. The number of unbranched alkanes of at least 4 members (excludes halogenated alkanes) is 3. The molecule has 0 fully saturated rings. The molecule has 2 aromatic carbocycles. The molecule has 0 heterocycles. The van der Waals surface area contributed by atoms with E-state index in [2.05, 4.69) is 68.5 Å². The van der Waals surface area contributed by atoms with Crippen molar-refractivity contribution in [3.8, 4) is 0 Å². The van der Waals surface area contributed by atoms with Gasteiger partial charge in [-0.1, -0.05) is 79.9 Å². The summed E-state index contributed by atoms with van der Waals surface area (Å²) in [7, 11) is 0. The van der Waals surface area contributed by atoms with Crippen molar-refractivity contribution in [1.29, 1.82) is 0 Å². The summed E-state index contributed by atoms with van der Waals surface area (Å²) in [6.07, 6.45) is 8.25. The highest BCUT2D eigenvalue weighted by Crippen LogP contribution is 2.19. The van der Waals surface area contributed by atoms with Gasteiger partial charge >= 0.3 is 5.97 Å². The zero-order chi connectivity index (χ0) is 19.5. The first-order valence-corrected chi connectivity index (χ1v) is 10.1. The van der Waals surface area contributed by atoms with Crippen LogP contribution in [0.15, 0.2) is 48.5 Å². The van der Waals surface area contributed by atoms with Crippen molar-refractivity contribution in [3.05, 3.63) is 70.8 Å². The van der Waals surface area contributed by atoms with E-state index in [9.17, 15) is 4.79 Å². The molecule has 0 aliphatic heterocycles. The molecule has 0 atom stereocenters. The fourth-order valence-electron chi connectivity index (χ4n) is 3.00. The smallest absolute Gasteiger partial charge is 0.305 e. The monoisotopic (exact) mass is 364 g/mol. The van der Waals surface area contributed by atoms with Gasteiger partial charge in [-0.15, -0.1) is 0 Å². The lowest BCUT2D eigenvalue weighted by Gasteiger charge is -2.06. The van der Waals surface area contributed by atoms with E-state index >= 15 is 0 Å². The number of carbonyl (C=O) groups is 1. The van der Waals surface area contributed by atoms with Gasteiger partial charge in [-0.25, -0.2) is 0 Å². The first kappa shape index (κ1) is 21.0. The molecule has 0 spiro atoms. The number of esters is 1. The quantitative estimate of drug-likeness (QED) is 0.269. The minimum absolute atomic E-state index is 0.0955. The molecule has 2 heteroatoms. The van der Waals surface area contributed by atoms with Crippen molar-refractivity contribution in [2.24, 2.45) is 0 Å². The summed E-state index contributed by atoms with van der Waals surface area (Å²) in [6, 6.07) is 17.5. The van der Waals surface area contributed by atoms with E-state index in [0.717, 1.165) is 19.3 Å². The van der Waals surface area contributed by atoms with Crippen LogP contribution in [0.1, 0.15) is 68.2 Å². The van der Waals surface area contributed by atoms with Crippen molar-refractivity contribution >= 4 is 17.6 Å². The zero-order valence-corrected chi connectivity index (χ0v) is 17.0. The highest BCUT2D eigenvalue weighted by Gasteiger charge is 2.00. The summed E-state index contributed by atoms with van der Waals surface area (Å²) in [5, 5.41) is 0. The van der Waals surface area contributed by atoms with Crippen molar-refractivity contribution < 1.29 is 9.53 Å².